The third-order valence-electron chi connectivity index (χ3n) is 12.6. The maximum Gasteiger partial charge on any atom is 0.0520 e. The first kappa shape index (κ1) is 35.8. The van der Waals surface area contributed by atoms with E-state index in [4.69, 9.17) is 0 Å². The molecule has 2 aliphatic rings. The minimum absolute atomic E-state index is 0.0864. The molecular weight excluding hydrogens is 627 g/mol. The minimum atomic E-state index is -0.0864. The van der Waals surface area contributed by atoms with Crippen molar-refractivity contribution in [3.05, 3.63) is 183 Å². The number of allylic oxidation sites excluding steroid dienone is 2. The van der Waals surface area contributed by atoms with Crippen molar-refractivity contribution in [3.8, 4) is 11.1 Å². The summed E-state index contributed by atoms with van der Waals surface area (Å²) < 4.78 is 0. The first-order valence-electron chi connectivity index (χ1n) is 19.5. The van der Waals surface area contributed by atoms with Gasteiger partial charge in [-0.2, -0.15) is 0 Å². The second kappa shape index (κ2) is 14.4. The summed E-state index contributed by atoms with van der Waals surface area (Å²) in [5.74, 6) is 1.29. The Morgan fingerprint density at radius 2 is 1.15 bits per heavy atom. The summed E-state index contributed by atoms with van der Waals surface area (Å²) >= 11 is 0. The van der Waals surface area contributed by atoms with Gasteiger partial charge >= 0.3 is 0 Å². The molecule has 52 heavy (non-hydrogen) atoms. The molecule has 0 N–H and O–H groups in total. The molecule has 0 amide bonds. The van der Waals surface area contributed by atoms with Crippen LogP contribution in [0.1, 0.15) is 116 Å². The zero-order valence-electron chi connectivity index (χ0n) is 32.9. The zero-order valence-corrected chi connectivity index (χ0v) is 32.9. The molecule has 0 bridgehead atoms. The highest BCUT2D eigenvalue weighted by Gasteiger charge is 2.37. The van der Waals surface area contributed by atoms with Gasteiger partial charge < -0.3 is 4.90 Å². The molecule has 1 heteroatoms. The molecule has 0 saturated carbocycles. The molecular formula is C51H57N. The van der Waals surface area contributed by atoms with Crippen LogP contribution in [-0.4, -0.2) is 6.04 Å². The fourth-order valence-corrected chi connectivity index (χ4v) is 8.87. The molecule has 0 saturated heterocycles. The van der Waals surface area contributed by atoms with Crippen molar-refractivity contribution in [1.29, 1.82) is 0 Å². The highest BCUT2D eigenvalue weighted by molar-refractivity contribution is 5.81. The van der Waals surface area contributed by atoms with E-state index in [1.807, 2.05) is 0 Å². The van der Waals surface area contributed by atoms with E-state index >= 15 is 0 Å². The van der Waals surface area contributed by atoms with Gasteiger partial charge in [-0.25, -0.2) is 0 Å². The fourth-order valence-electron chi connectivity index (χ4n) is 8.87. The van der Waals surface area contributed by atoms with Crippen LogP contribution in [0.2, 0.25) is 0 Å². The number of aryl methyl sites for hydroxylation is 3. The molecule has 0 radical (unpaired) electrons. The quantitative estimate of drug-likeness (QED) is 0.142. The van der Waals surface area contributed by atoms with Crippen LogP contribution in [0.5, 0.6) is 0 Å². The average Bonchev–Trinajstić information content (AvgIpc) is 3.37. The van der Waals surface area contributed by atoms with Gasteiger partial charge in [-0.05, 0) is 122 Å². The summed E-state index contributed by atoms with van der Waals surface area (Å²) in [5, 5.41) is 0. The summed E-state index contributed by atoms with van der Waals surface area (Å²) in [6.07, 6.45) is 9.13. The lowest BCUT2D eigenvalue weighted by molar-refractivity contribution is 0.393. The third-order valence-corrected chi connectivity index (χ3v) is 12.6. The van der Waals surface area contributed by atoms with E-state index in [9.17, 15) is 0 Å². The van der Waals surface area contributed by atoms with Crippen LogP contribution in [0.15, 0.2) is 133 Å². The van der Waals surface area contributed by atoms with Gasteiger partial charge in [0.2, 0.25) is 0 Å². The number of anilines is 1. The van der Waals surface area contributed by atoms with E-state index < -0.39 is 0 Å². The van der Waals surface area contributed by atoms with Crippen LogP contribution >= 0.6 is 0 Å². The van der Waals surface area contributed by atoms with Crippen LogP contribution < -0.4 is 4.90 Å². The number of nitrogens with zero attached hydrogens (tertiary/aromatic N) is 1. The largest absolute Gasteiger partial charge is 0.358 e. The lowest BCUT2D eigenvalue weighted by Crippen LogP contribution is -2.37. The predicted octanol–water partition coefficient (Wildman–Crippen LogP) is 13.5. The maximum atomic E-state index is 2.62. The second-order valence-electron chi connectivity index (χ2n) is 16.6. The Labute approximate surface area is 314 Å². The molecule has 0 fully saturated rings. The van der Waals surface area contributed by atoms with Gasteiger partial charge in [-0.15, -0.1) is 0 Å². The van der Waals surface area contributed by atoms with Gasteiger partial charge in [0, 0.05) is 11.1 Å². The number of rotatable bonds is 10. The SMILES string of the molecule is CC1=CCC(N(c2ccc(C)cc2)C(C)c2ccc3c(c2)C(C)(C)c2cc(C(C)C(C)C(Cc4ccc(C)cc4)c4ccc(C)cc4)ccc2-3)C=C1. The first-order valence-corrected chi connectivity index (χ1v) is 19.5. The van der Waals surface area contributed by atoms with Crippen LogP contribution in [0.4, 0.5) is 5.69 Å². The summed E-state index contributed by atoms with van der Waals surface area (Å²) in [5.41, 5.74) is 17.8. The molecule has 5 aromatic rings. The molecule has 5 unspecified atom stereocenters. The van der Waals surface area contributed by atoms with Gasteiger partial charge in [0.25, 0.3) is 0 Å². The zero-order chi connectivity index (χ0) is 36.7. The molecule has 0 spiro atoms. The first-order chi connectivity index (χ1) is 24.9. The fraction of sp³-hybridized carbons (Fsp3) is 0.333. The highest BCUT2D eigenvalue weighted by atomic mass is 15.2. The Balaban J connectivity index is 1.19. The van der Waals surface area contributed by atoms with Crippen LogP contribution in [0, 0.1) is 26.7 Å². The molecule has 0 aromatic heterocycles. The Morgan fingerprint density at radius 3 is 1.73 bits per heavy atom. The Bertz CT molecular complexity index is 2090. The van der Waals surface area contributed by atoms with Crippen molar-refractivity contribution in [3.63, 3.8) is 0 Å². The standard InChI is InChI=1S/C51H57N/c1-33-10-18-40(19-11-33)30-48(41-20-12-34(2)13-21-41)38(6)37(5)42-22-28-46-47-29-23-43(32-50(47)51(8,9)49(46)31-42)39(7)52(44-24-14-35(3)15-25-44)45-26-16-36(4)17-27-45/h10-26,28-29,31-32,37-39,45,48H,27,30H2,1-9H3. The van der Waals surface area contributed by atoms with E-state index in [1.165, 1.54) is 72.5 Å². The molecule has 266 valence electrons. The average molecular weight is 684 g/mol. The minimum Gasteiger partial charge on any atom is -0.358 e. The summed E-state index contributed by atoms with van der Waals surface area (Å²) in [6, 6.07) is 42.8. The lowest BCUT2D eigenvalue weighted by atomic mass is 9.73. The number of fused-ring (bicyclic) bond motifs is 3. The van der Waals surface area contributed by atoms with Gasteiger partial charge in [-0.3, -0.25) is 0 Å². The monoisotopic (exact) mass is 683 g/mol. The topological polar surface area (TPSA) is 3.24 Å². The van der Waals surface area contributed by atoms with Gasteiger partial charge in [-0.1, -0.05) is 165 Å². The van der Waals surface area contributed by atoms with Crippen molar-refractivity contribution in [2.45, 2.75) is 104 Å². The van der Waals surface area contributed by atoms with Crippen LogP contribution in [0.3, 0.4) is 0 Å². The normalized spacial score (nSPS) is 18.2. The summed E-state index contributed by atoms with van der Waals surface area (Å²) in [4.78, 5) is 2.62. The Kier molecular flexibility index (Phi) is 9.92. The molecule has 0 aliphatic heterocycles. The van der Waals surface area contributed by atoms with E-state index in [-0.39, 0.29) is 11.5 Å². The molecule has 7 rings (SSSR count). The van der Waals surface area contributed by atoms with Crippen molar-refractivity contribution < 1.29 is 0 Å². The maximum absolute atomic E-state index is 2.62. The van der Waals surface area contributed by atoms with Crippen LogP contribution in [-0.2, 0) is 11.8 Å². The number of hydrogen-bond donors (Lipinski definition) is 0. The van der Waals surface area contributed by atoms with Crippen molar-refractivity contribution >= 4 is 5.69 Å². The summed E-state index contributed by atoms with van der Waals surface area (Å²) in [6.45, 7) is 20.9. The Hall–Kier alpha value is -4.62. The van der Waals surface area contributed by atoms with Crippen molar-refractivity contribution in [2.75, 3.05) is 4.90 Å². The molecule has 5 atom stereocenters. The van der Waals surface area contributed by atoms with Crippen LogP contribution in [0.25, 0.3) is 11.1 Å². The molecule has 5 aromatic carbocycles. The Morgan fingerprint density at radius 1 is 0.635 bits per heavy atom. The van der Waals surface area contributed by atoms with E-state index in [1.54, 1.807) is 0 Å². The second-order valence-corrected chi connectivity index (χ2v) is 16.6. The number of hydrogen-bond acceptors (Lipinski definition) is 1. The van der Waals surface area contributed by atoms with Gasteiger partial charge in [0.15, 0.2) is 0 Å². The van der Waals surface area contributed by atoms with E-state index in [0.717, 1.165) is 12.8 Å². The van der Waals surface area contributed by atoms with Crippen molar-refractivity contribution in [1.82, 2.24) is 0 Å². The molecule has 1 nitrogen and oxygen atoms in total. The lowest BCUT2D eigenvalue weighted by Gasteiger charge is -2.38. The van der Waals surface area contributed by atoms with Gasteiger partial charge in [0.1, 0.15) is 0 Å². The molecule has 0 heterocycles. The number of benzene rings is 5. The van der Waals surface area contributed by atoms with E-state index in [0.29, 0.717) is 23.8 Å². The summed E-state index contributed by atoms with van der Waals surface area (Å²) in [7, 11) is 0. The third kappa shape index (κ3) is 6.95. The smallest absolute Gasteiger partial charge is 0.0520 e. The van der Waals surface area contributed by atoms with Crippen molar-refractivity contribution in [2.24, 2.45) is 5.92 Å². The van der Waals surface area contributed by atoms with Gasteiger partial charge in [0.05, 0.1) is 12.1 Å². The van der Waals surface area contributed by atoms with E-state index in [2.05, 4.69) is 195 Å². The predicted molar refractivity (Wildman–Crippen MR) is 224 cm³/mol. The highest BCUT2D eigenvalue weighted by Crippen LogP contribution is 2.51. The molecule has 2 aliphatic carbocycles.